The Bertz CT molecular complexity index is 594. The van der Waals surface area contributed by atoms with Gasteiger partial charge in [-0.25, -0.2) is 0 Å². The fourth-order valence-electron chi connectivity index (χ4n) is 3.60. The van der Waals surface area contributed by atoms with Crippen LogP contribution in [-0.4, -0.2) is 49.6 Å². The summed E-state index contributed by atoms with van der Waals surface area (Å²) in [6.45, 7) is 6.45. The molecule has 0 spiro atoms. The van der Waals surface area contributed by atoms with Gasteiger partial charge in [-0.1, -0.05) is 48.5 Å². The molecule has 2 aromatic rings. The number of hydrogen-bond donors (Lipinski definition) is 0. The number of likely N-dealkylation sites (tertiary alicyclic amines) is 1. The topological polar surface area (TPSA) is 15.7 Å². The van der Waals surface area contributed by atoms with Crippen molar-refractivity contribution >= 4 is 0 Å². The van der Waals surface area contributed by atoms with Gasteiger partial charge < -0.3 is 9.64 Å². The second-order valence-corrected chi connectivity index (χ2v) is 7.13. The zero-order valence-corrected chi connectivity index (χ0v) is 15.3. The molecule has 0 aromatic heterocycles. The molecule has 0 amide bonds. The van der Waals surface area contributed by atoms with Gasteiger partial charge in [0.2, 0.25) is 0 Å². The molecule has 25 heavy (non-hydrogen) atoms. The third-order valence-corrected chi connectivity index (χ3v) is 4.99. The van der Waals surface area contributed by atoms with Gasteiger partial charge in [-0.05, 0) is 56.6 Å². The summed E-state index contributed by atoms with van der Waals surface area (Å²) in [6, 6.07) is 20.9. The van der Waals surface area contributed by atoms with Crippen LogP contribution >= 0.6 is 0 Å². The van der Waals surface area contributed by atoms with Gasteiger partial charge >= 0.3 is 0 Å². The molecule has 1 aliphatic rings. The Hall–Kier alpha value is -1.84. The number of nitrogens with zero attached hydrogens (tertiary/aromatic N) is 2. The van der Waals surface area contributed by atoms with Gasteiger partial charge in [-0.3, -0.25) is 4.90 Å². The van der Waals surface area contributed by atoms with Gasteiger partial charge in [0, 0.05) is 19.6 Å². The summed E-state index contributed by atoms with van der Waals surface area (Å²) in [5.74, 6) is 1.79. The predicted molar refractivity (Wildman–Crippen MR) is 104 cm³/mol. The van der Waals surface area contributed by atoms with Crippen LogP contribution in [-0.2, 0) is 6.54 Å². The molecule has 3 rings (SSSR count). The third-order valence-electron chi connectivity index (χ3n) is 4.99. The molecule has 0 radical (unpaired) electrons. The van der Waals surface area contributed by atoms with E-state index in [9.17, 15) is 0 Å². The van der Waals surface area contributed by atoms with E-state index in [1.165, 1.54) is 38.0 Å². The Balaban J connectivity index is 1.31. The van der Waals surface area contributed by atoms with Gasteiger partial charge in [-0.2, -0.15) is 0 Å². The lowest BCUT2D eigenvalue weighted by molar-refractivity contribution is 0.134. The van der Waals surface area contributed by atoms with E-state index in [-0.39, 0.29) is 0 Å². The fourth-order valence-corrected chi connectivity index (χ4v) is 3.60. The number of ether oxygens (including phenoxy) is 1. The molecule has 3 heteroatoms. The summed E-state index contributed by atoms with van der Waals surface area (Å²) < 4.78 is 5.82. The van der Waals surface area contributed by atoms with Gasteiger partial charge in [0.05, 0.1) is 0 Å². The molecule has 3 nitrogen and oxygen atoms in total. The van der Waals surface area contributed by atoms with E-state index >= 15 is 0 Å². The van der Waals surface area contributed by atoms with Crippen LogP contribution in [0.1, 0.15) is 18.4 Å². The van der Waals surface area contributed by atoms with Crippen molar-refractivity contribution in [1.29, 1.82) is 0 Å². The molecule has 0 N–H and O–H groups in total. The zero-order valence-electron chi connectivity index (χ0n) is 15.3. The van der Waals surface area contributed by atoms with Crippen LogP contribution in [0.25, 0.3) is 0 Å². The smallest absolute Gasteiger partial charge is 0.119 e. The maximum Gasteiger partial charge on any atom is 0.119 e. The summed E-state index contributed by atoms with van der Waals surface area (Å²) >= 11 is 0. The molecule has 1 heterocycles. The van der Waals surface area contributed by atoms with Crippen molar-refractivity contribution in [2.75, 3.05) is 39.8 Å². The molecular formula is C22H30N2O. The first kappa shape index (κ1) is 18.0. The van der Waals surface area contributed by atoms with Crippen molar-refractivity contribution in [3.63, 3.8) is 0 Å². The maximum atomic E-state index is 5.82. The highest BCUT2D eigenvalue weighted by atomic mass is 16.5. The molecule has 0 saturated carbocycles. The quantitative estimate of drug-likeness (QED) is 0.726. The lowest BCUT2D eigenvalue weighted by Gasteiger charge is -2.33. The van der Waals surface area contributed by atoms with Crippen LogP contribution < -0.4 is 4.74 Å². The van der Waals surface area contributed by atoms with E-state index in [0.29, 0.717) is 0 Å². The molecule has 0 unspecified atom stereocenters. The van der Waals surface area contributed by atoms with Crippen LogP contribution in [0.4, 0.5) is 0 Å². The van der Waals surface area contributed by atoms with E-state index < -0.39 is 0 Å². The Morgan fingerprint density at radius 2 is 1.60 bits per heavy atom. The van der Waals surface area contributed by atoms with Crippen LogP contribution in [0.5, 0.6) is 5.75 Å². The number of rotatable bonds is 8. The first-order chi connectivity index (χ1) is 12.3. The summed E-state index contributed by atoms with van der Waals surface area (Å²) in [7, 11) is 2.24. The number of hydrogen-bond acceptors (Lipinski definition) is 3. The Labute approximate surface area is 152 Å². The SMILES string of the molecule is CN(Cc1ccccc1)CC1CCN(CCOc2ccccc2)CC1. The van der Waals surface area contributed by atoms with E-state index in [0.717, 1.165) is 31.4 Å². The number of piperidine rings is 1. The van der Waals surface area contributed by atoms with E-state index in [4.69, 9.17) is 4.74 Å². The maximum absolute atomic E-state index is 5.82. The average molecular weight is 338 g/mol. The van der Waals surface area contributed by atoms with Gasteiger partial charge in [0.25, 0.3) is 0 Å². The molecule has 0 bridgehead atoms. The molecule has 1 fully saturated rings. The minimum atomic E-state index is 0.780. The third kappa shape index (κ3) is 6.18. The van der Waals surface area contributed by atoms with Gasteiger partial charge in [0.1, 0.15) is 12.4 Å². The summed E-state index contributed by atoms with van der Waals surface area (Å²) in [4.78, 5) is 5.00. The minimum absolute atomic E-state index is 0.780. The lowest BCUT2D eigenvalue weighted by atomic mass is 9.96. The van der Waals surface area contributed by atoms with Crippen LogP contribution in [0.3, 0.4) is 0 Å². The van der Waals surface area contributed by atoms with Crippen molar-refractivity contribution < 1.29 is 4.74 Å². The molecule has 1 saturated heterocycles. The molecule has 2 aromatic carbocycles. The minimum Gasteiger partial charge on any atom is -0.492 e. The summed E-state index contributed by atoms with van der Waals surface area (Å²) in [6.07, 6.45) is 2.59. The Morgan fingerprint density at radius 1 is 0.960 bits per heavy atom. The molecule has 1 aliphatic heterocycles. The van der Waals surface area contributed by atoms with Crippen molar-refractivity contribution in [2.45, 2.75) is 19.4 Å². The highest BCUT2D eigenvalue weighted by Gasteiger charge is 2.20. The van der Waals surface area contributed by atoms with Crippen LogP contribution in [0.15, 0.2) is 60.7 Å². The van der Waals surface area contributed by atoms with Crippen molar-refractivity contribution in [2.24, 2.45) is 5.92 Å². The van der Waals surface area contributed by atoms with Crippen LogP contribution in [0.2, 0.25) is 0 Å². The monoisotopic (exact) mass is 338 g/mol. The standard InChI is InChI=1S/C22H30N2O/c1-23(18-20-8-4-2-5-9-20)19-21-12-14-24(15-13-21)16-17-25-22-10-6-3-7-11-22/h2-11,21H,12-19H2,1H3. The first-order valence-corrected chi connectivity index (χ1v) is 9.42. The fraction of sp³-hybridized carbons (Fsp3) is 0.455. The molecule has 134 valence electrons. The van der Waals surface area contributed by atoms with Gasteiger partial charge in [0.15, 0.2) is 0 Å². The summed E-state index contributed by atoms with van der Waals surface area (Å²) in [5, 5.41) is 0. The Morgan fingerprint density at radius 3 is 2.28 bits per heavy atom. The Kier molecular flexibility index (Phi) is 6.89. The molecule has 0 atom stereocenters. The number of para-hydroxylation sites is 1. The first-order valence-electron chi connectivity index (χ1n) is 9.42. The second-order valence-electron chi connectivity index (χ2n) is 7.13. The molecular weight excluding hydrogens is 308 g/mol. The lowest BCUT2D eigenvalue weighted by Crippen LogP contribution is -2.39. The van der Waals surface area contributed by atoms with Crippen LogP contribution in [0, 0.1) is 5.92 Å². The normalized spacial score (nSPS) is 16.2. The average Bonchev–Trinajstić information content (AvgIpc) is 2.65. The van der Waals surface area contributed by atoms with E-state index in [2.05, 4.69) is 47.2 Å². The summed E-state index contributed by atoms with van der Waals surface area (Å²) in [5.41, 5.74) is 1.40. The largest absolute Gasteiger partial charge is 0.492 e. The van der Waals surface area contributed by atoms with Gasteiger partial charge in [-0.15, -0.1) is 0 Å². The molecule has 0 aliphatic carbocycles. The van der Waals surface area contributed by atoms with E-state index in [1.807, 2.05) is 30.3 Å². The number of benzene rings is 2. The second kappa shape index (κ2) is 9.59. The van der Waals surface area contributed by atoms with E-state index in [1.54, 1.807) is 0 Å². The van der Waals surface area contributed by atoms with Crippen molar-refractivity contribution in [3.8, 4) is 5.75 Å². The predicted octanol–water partition coefficient (Wildman–Crippen LogP) is 3.91. The highest BCUT2D eigenvalue weighted by molar-refractivity contribution is 5.20. The van der Waals surface area contributed by atoms with Crippen molar-refractivity contribution in [3.05, 3.63) is 66.2 Å². The zero-order chi connectivity index (χ0) is 17.3. The van der Waals surface area contributed by atoms with Crippen molar-refractivity contribution in [1.82, 2.24) is 9.80 Å². The highest BCUT2D eigenvalue weighted by Crippen LogP contribution is 2.19.